The fourth-order valence-electron chi connectivity index (χ4n) is 1.36. The van der Waals surface area contributed by atoms with Gasteiger partial charge < -0.3 is 10.5 Å². The molecule has 14 heavy (non-hydrogen) atoms. The van der Waals surface area contributed by atoms with Gasteiger partial charge in [-0.1, -0.05) is 28.1 Å². The van der Waals surface area contributed by atoms with Crippen molar-refractivity contribution >= 4 is 15.9 Å². The smallest absolute Gasteiger partial charge is 0.0659 e. The van der Waals surface area contributed by atoms with Crippen molar-refractivity contribution in [2.24, 2.45) is 5.73 Å². The molecule has 2 nitrogen and oxygen atoms in total. The monoisotopic (exact) mass is 257 g/mol. The first-order chi connectivity index (χ1) is 6.66. The van der Waals surface area contributed by atoms with Gasteiger partial charge in [-0.3, -0.25) is 0 Å². The fraction of sp³-hybridized carbons (Fsp3) is 0.455. The Morgan fingerprint density at radius 1 is 1.50 bits per heavy atom. The van der Waals surface area contributed by atoms with E-state index < -0.39 is 0 Å². The molecule has 1 rings (SSSR count). The maximum absolute atomic E-state index is 6.00. The van der Waals surface area contributed by atoms with Gasteiger partial charge in [0.2, 0.25) is 0 Å². The Morgan fingerprint density at radius 3 is 2.86 bits per heavy atom. The van der Waals surface area contributed by atoms with E-state index >= 15 is 0 Å². The van der Waals surface area contributed by atoms with Gasteiger partial charge in [0.1, 0.15) is 0 Å². The predicted molar refractivity (Wildman–Crippen MR) is 62.3 cm³/mol. The van der Waals surface area contributed by atoms with E-state index in [9.17, 15) is 0 Å². The van der Waals surface area contributed by atoms with E-state index in [1.54, 1.807) is 0 Å². The lowest BCUT2D eigenvalue weighted by atomic mass is 10.0. The van der Waals surface area contributed by atoms with Crippen LogP contribution in [-0.4, -0.2) is 13.2 Å². The first-order valence-electron chi connectivity index (χ1n) is 4.75. The highest BCUT2D eigenvalue weighted by Crippen LogP contribution is 2.23. The molecule has 1 atom stereocenters. The second kappa shape index (κ2) is 5.49. The SMILES string of the molecule is CCOCC(N)c1cccc(Br)c1C. The molecule has 0 spiro atoms. The summed E-state index contributed by atoms with van der Waals surface area (Å²) in [7, 11) is 0. The van der Waals surface area contributed by atoms with E-state index in [0.29, 0.717) is 13.2 Å². The molecule has 2 N–H and O–H groups in total. The van der Waals surface area contributed by atoms with Crippen LogP contribution < -0.4 is 5.73 Å². The van der Waals surface area contributed by atoms with Gasteiger partial charge in [0.05, 0.1) is 12.6 Å². The largest absolute Gasteiger partial charge is 0.380 e. The van der Waals surface area contributed by atoms with Crippen LogP contribution in [0.3, 0.4) is 0 Å². The van der Waals surface area contributed by atoms with Gasteiger partial charge >= 0.3 is 0 Å². The van der Waals surface area contributed by atoms with Gasteiger partial charge in [-0.05, 0) is 31.0 Å². The number of hydrogen-bond donors (Lipinski definition) is 1. The highest BCUT2D eigenvalue weighted by atomic mass is 79.9. The number of benzene rings is 1. The van der Waals surface area contributed by atoms with Crippen LogP contribution in [0.2, 0.25) is 0 Å². The molecule has 0 heterocycles. The van der Waals surface area contributed by atoms with Crippen LogP contribution in [0, 0.1) is 6.92 Å². The van der Waals surface area contributed by atoms with E-state index in [1.165, 1.54) is 5.56 Å². The van der Waals surface area contributed by atoms with Crippen LogP contribution in [0.15, 0.2) is 22.7 Å². The van der Waals surface area contributed by atoms with E-state index in [0.717, 1.165) is 10.0 Å². The molecule has 0 aliphatic heterocycles. The number of ether oxygens (including phenoxy) is 1. The standard InChI is InChI=1S/C11H16BrNO/c1-3-14-7-11(13)9-5-4-6-10(12)8(9)2/h4-6,11H,3,7,13H2,1-2H3. The van der Waals surface area contributed by atoms with E-state index in [2.05, 4.69) is 22.9 Å². The third-order valence-corrected chi connectivity index (χ3v) is 3.07. The Kier molecular flexibility index (Phi) is 4.58. The Labute approximate surface area is 93.6 Å². The van der Waals surface area contributed by atoms with Gasteiger partial charge in [-0.2, -0.15) is 0 Å². The summed E-state index contributed by atoms with van der Waals surface area (Å²) in [6, 6.07) is 6.03. The van der Waals surface area contributed by atoms with Crippen LogP contribution in [0.5, 0.6) is 0 Å². The minimum absolute atomic E-state index is 0.0348. The van der Waals surface area contributed by atoms with Crippen molar-refractivity contribution in [2.75, 3.05) is 13.2 Å². The molecule has 1 aromatic carbocycles. The van der Waals surface area contributed by atoms with Crippen LogP contribution in [-0.2, 0) is 4.74 Å². The Balaban J connectivity index is 2.79. The summed E-state index contributed by atoms with van der Waals surface area (Å²) < 4.78 is 6.40. The summed E-state index contributed by atoms with van der Waals surface area (Å²) in [5, 5.41) is 0. The lowest BCUT2D eigenvalue weighted by Crippen LogP contribution is -2.18. The molecule has 1 unspecified atom stereocenters. The zero-order valence-corrected chi connectivity index (χ0v) is 10.2. The molecule has 0 saturated carbocycles. The first kappa shape index (κ1) is 11.7. The first-order valence-corrected chi connectivity index (χ1v) is 5.54. The summed E-state index contributed by atoms with van der Waals surface area (Å²) in [5.74, 6) is 0. The topological polar surface area (TPSA) is 35.2 Å². The predicted octanol–water partition coefficient (Wildman–Crippen LogP) is 2.79. The number of hydrogen-bond acceptors (Lipinski definition) is 2. The summed E-state index contributed by atoms with van der Waals surface area (Å²) in [5.41, 5.74) is 8.35. The van der Waals surface area contributed by atoms with Crippen LogP contribution in [0.1, 0.15) is 24.1 Å². The molecular formula is C11H16BrNO. The molecule has 0 bridgehead atoms. The zero-order chi connectivity index (χ0) is 10.6. The van der Waals surface area contributed by atoms with Crippen molar-refractivity contribution in [3.05, 3.63) is 33.8 Å². The molecule has 3 heteroatoms. The van der Waals surface area contributed by atoms with Crippen LogP contribution in [0.25, 0.3) is 0 Å². The minimum atomic E-state index is -0.0348. The molecule has 0 saturated heterocycles. The molecule has 0 radical (unpaired) electrons. The third-order valence-electron chi connectivity index (χ3n) is 2.21. The lowest BCUT2D eigenvalue weighted by Gasteiger charge is -2.15. The number of halogens is 1. The molecule has 78 valence electrons. The number of rotatable bonds is 4. The molecule has 0 aromatic heterocycles. The van der Waals surface area contributed by atoms with Crippen molar-refractivity contribution in [1.29, 1.82) is 0 Å². The van der Waals surface area contributed by atoms with Crippen molar-refractivity contribution in [3.63, 3.8) is 0 Å². The summed E-state index contributed by atoms with van der Waals surface area (Å²) in [4.78, 5) is 0. The Hall–Kier alpha value is -0.380. The second-order valence-electron chi connectivity index (χ2n) is 3.22. The summed E-state index contributed by atoms with van der Waals surface area (Å²) in [6.45, 7) is 5.32. The minimum Gasteiger partial charge on any atom is -0.380 e. The molecule has 0 fully saturated rings. The fourth-order valence-corrected chi connectivity index (χ4v) is 1.74. The maximum Gasteiger partial charge on any atom is 0.0659 e. The normalized spacial score (nSPS) is 12.9. The molecule has 0 aliphatic rings. The average molecular weight is 258 g/mol. The summed E-state index contributed by atoms with van der Waals surface area (Å²) >= 11 is 3.49. The third kappa shape index (κ3) is 2.80. The van der Waals surface area contributed by atoms with Gasteiger partial charge in [0.25, 0.3) is 0 Å². The maximum atomic E-state index is 6.00. The lowest BCUT2D eigenvalue weighted by molar-refractivity contribution is 0.133. The van der Waals surface area contributed by atoms with Crippen molar-refractivity contribution in [2.45, 2.75) is 19.9 Å². The molecular weight excluding hydrogens is 242 g/mol. The van der Waals surface area contributed by atoms with Gasteiger partial charge in [0.15, 0.2) is 0 Å². The van der Waals surface area contributed by atoms with Gasteiger partial charge in [0, 0.05) is 11.1 Å². The molecule has 0 aliphatic carbocycles. The van der Waals surface area contributed by atoms with Crippen molar-refractivity contribution < 1.29 is 4.74 Å². The van der Waals surface area contributed by atoms with E-state index in [-0.39, 0.29) is 6.04 Å². The quantitative estimate of drug-likeness (QED) is 0.901. The Morgan fingerprint density at radius 2 is 2.21 bits per heavy atom. The molecule has 1 aromatic rings. The Bertz CT molecular complexity index is 301. The number of nitrogens with two attached hydrogens (primary N) is 1. The average Bonchev–Trinajstić information content (AvgIpc) is 2.18. The highest BCUT2D eigenvalue weighted by Gasteiger charge is 2.09. The van der Waals surface area contributed by atoms with Crippen LogP contribution in [0.4, 0.5) is 0 Å². The van der Waals surface area contributed by atoms with Gasteiger partial charge in [-0.25, -0.2) is 0 Å². The van der Waals surface area contributed by atoms with E-state index in [4.69, 9.17) is 10.5 Å². The van der Waals surface area contributed by atoms with Crippen molar-refractivity contribution in [3.8, 4) is 0 Å². The van der Waals surface area contributed by atoms with E-state index in [1.807, 2.05) is 25.1 Å². The summed E-state index contributed by atoms with van der Waals surface area (Å²) in [6.07, 6.45) is 0. The van der Waals surface area contributed by atoms with Crippen LogP contribution >= 0.6 is 15.9 Å². The highest BCUT2D eigenvalue weighted by molar-refractivity contribution is 9.10. The zero-order valence-electron chi connectivity index (χ0n) is 8.59. The van der Waals surface area contributed by atoms with Gasteiger partial charge in [-0.15, -0.1) is 0 Å². The molecule has 0 amide bonds. The second-order valence-corrected chi connectivity index (χ2v) is 4.07. The van der Waals surface area contributed by atoms with Crippen molar-refractivity contribution in [1.82, 2.24) is 0 Å².